The van der Waals surface area contributed by atoms with Gasteiger partial charge in [0.05, 0.1) is 0 Å². The Balaban J connectivity index is 1.42. The van der Waals surface area contributed by atoms with Crippen molar-refractivity contribution >= 4 is 5.97 Å². The SMILES string of the molecule is N[C@@H](Cc1ccccc1)[C@H]1CN2C[C@H]3CCCC[C@H]3C[C@H]2C(=O)O1. The number of ether oxygens (including phenoxy) is 1. The lowest BCUT2D eigenvalue weighted by molar-refractivity contribution is -0.174. The van der Waals surface area contributed by atoms with Crippen LogP contribution in [0.2, 0.25) is 0 Å². The molecule has 0 unspecified atom stereocenters. The summed E-state index contributed by atoms with van der Waals surface area (Å²) < 4.78 is 5.76. The maximum Gasteiger partial charge on any atom is 0.323 e. The van der Waals surface area contributed by atoms with E-state index in [2.05, 4.69) is 17.0 Å². The second-order valence-electron chi connectivity index (χ2n) is 7.84. The van der Waals surface area contributed by atoms with Crippen LogP contribution in [-0.2, 0) is 16.0 Å². The van der Waals surface area contributed by atoms with Gasteiger partial charge in [0.25, 0.3) is 0 Å². The molecule has 1 aromatic carbocycles. The van der Waals surface area contributed by atoms with Crippen LogP contribution >= 0.6 is 0 Å². The van der Waals surface area contributed by atoms with E-state index >= 15 is 0 Å². The van der Waals surface area contributed by atoms with Gasteiger partial charge in [-0.25, -0.2) is 0 Å². The minimum Gasteiger partial charge on any atom is -0.458 e. The maximum absolute atomic E-state index is 12.6. The number of rotatable bonds is 3. The van der Waals surface area contributed by atoms with Crippen molar-refractivity contribution in [1.82, 2.24) is 4.90 Å². The van der Waals surface area contributed by atoms with Gasteiger partial charge >= 0.3 is 5.97 Å². The highest BCUT2D eigenvalue weighted by molar-refractivity contribution is 5.77. The molecule has 4 nitrogen and oxygen atoms in total. The van der Waals surface area contributed by atoms with Crippen molar-refractivity contribution in [2.24, 2.45) is 17.6 Å². The van der Waals surface area contributed by atoms with Crippen molar-refractivity contribution in [3.63, 3.8) is 0 Å². The molecule has 0 aromatic heterocycles. The molecular weight excluding hydrogens is 300 g/mol. The summed E-state index contributed by atoms with van der Waals surface area (Å²) in [5, 5.41) is 0. The number of carbonyl (C=O) groups is 1. The molecule has 0 radical (unpaired) electrons. The van der Waals surface area contributed by atoms with E-state index in [1.165, 1.54) is 31.2 Å². The Morgan fingerprint density at radius 2 is 1.88 bits per heavy atom. The van der Waals surface area contributed by atoms with E-state index in [1.54, 1.807) is 0 Å². The molecule has 130 valence electrons. The van der Waals surface area contributed by atoms with Crippen LogP contribution in [0.25, 0.3) is 0 Å². The first-order chi connectivity index (χ1) is 11.7. The van der Waals surface area contributed by atoms with Gasteiger partial charge in [0.2, 0.25) is 0 Å². The molecule has 4 heteroatoms. The fourth-order valence-corrected chi connectivity index (χ4v) is 4.88. The smallest absolute Gasteiger partial charge is 0.323 e. The van der Waals surface area contributed by atoms with Crippen LogP contribution in [0.5, 0.6) is 0 Å². The zero-order chi connectivity index (χ0) is 16.5. The van der Waals surface area contributed by atoms with Crippen molar-refractivity contribution in [2.75, 3.05) is 13.1 Å². The van der Waals surface area contributed by atoms with E-state index in [0.717, 1.165) is 37.8 Å². The average molecular weight is 328 g/mol. The summed E-state index contributed by atoms with van der Waals surface area (Å²) in [6.07, 6.45) is 6.85. The largest absolute Gasteiger partial charge is 0.458 e. The van der Waals surface area contributed by atoms with Crippen LogP contribution in [0.4, 0.5) is 0 Å². The second kappa shape index (κ2) is 6.85. The molecule has 1 aliphatic carbocycles. The number of nitrogens with zero attached hydrogens (tertiary/aromatic N) is 1. The predicted octanol–water partition coefficient (Wildman–Crippen LogP) is 2.36. The Morgan fingerprint density at radius 3 is 2.67 bits per heavy atom. The Bertz CT molecular complexity index is 576. The molecule has 5 atom stereocenters. The Hall–Kier alpha value is -1.39. The Kier molecular flexibility index (Phi) is 4.59. The highest BCUT2D eigenvalue weighted by Crippen LogP contribution is 2.40. The third kappa shape index (κ3) is 3.22. The zero-order valence-corrected chi connectivity index (χ0v) is 14.3. The van der Waals surface area contributed by atoms with Crippen molar-refractivity contribution in [2.45, 2.75) is 56.7 Å². The predicted molar refractivity (Wildman–Crippen MR) is 93.4 cm³/mol. The Labute approximate surface area is 144 Å². The fourth-order valence-electron chi connectivity index (χ4n) is 4.88. The molecule has 0 bridgehead atoms. The standard InChI is InChI=1S/C20H28N2O2/c21-17(10-14-6-2-1-3-7-14)19-13-22-12-16-9-5-4-8-15(16)11-18(22)20(23)24-19/h1-3,6-7,15-19H,4-5,8-13,21H2/t15-,16+,17-,18-,19+/m0/s1. The summed E-state index contributed by atoms with van der Waals surface area (Å²) in [5.74, 6) is 1.45. The number of nitrogens with two attached hydrogens (primary N) is 1. The number of fused-ring (bicyclic) bond motifs is 2. The van der Waals surface area contributed by atoms with E-state index in [4.69, 9.17) is 10.5 Å². The van der Waals surface area contributed by atoms with Gasteiger partial charge in [-0.05, 0) is 36.7 Å². The van der Waals surface area contributed by atoms with Crippen LogP contribution in [0.1, 0.15) is 37.7 Å². The van der Waals surface area contributed by atoms with E-state index in [9.17, 15) is 4.79 Å². The molecule has 2 N–H and O–H groups in total. The third-order valence-electron chi connectivity index (χ3n) is 6.25. The lowest BCUT2D eigenvalue weighted by Crippen LogP contribution is -2.61. The number of piperidine rings is 1. The molecular formula is C20H28N2O2. The van der Waals surface area contributed by atoms with E-state index in [0.29, 0.717) is 0 Å². The number of hydrogen-bond acceptors (Lipinski definition) is 4. The first kappa shape index (κ1) is 16.1. The summed E-state index contributed by atoms with van der Waals surface area (Å²) in [4.78, 5) is 14.9. The molecule has 3 fully saturated rings. The highest BCUT2D eigenvalue weighted by Gasteiger charge is 2.45. The normalized spacial score (nSPS) is 34.8. The molecule has 2 saturated heterocycles. The number of cyclic esters (lactones) is 1. The van der Waals surface area contributed by atoms with Crippen LogP contribution in [-0.4, -0.2) is 42.1 Å². The number of benzene rings is 1. The van der Waals surface area contributed by atoms with Crippen molar-refractivity contribution in [3.05, 3.63) is 35.9 Å². The molecule has 1 aromatic rings. The van der Waals surface area contributed by atoms with Gasteiger partial charge in [-0.2, -0.15) is 0 Å². The van der Waals surface area contributed by atoms with Crippen LogP contribution in [0.15, 0.2) is 30.3 Å². The van der Waals surface area contributed by atoms with Crippen LogP contribution < -0.4 is 5.73 Å². The van der Waals surface area contributed by atoms with Gasteiger partial charge in [-0.15, -0.1) is 0 Å². The first-order valence-corrected chi connectivity index (χ1v) is 9.45. The van der Waals surface area contributed by atoms with Gasteiger partial charge < -0.3 is 10.5 Å². The van der Waals surface area contributed by atoms with E-state index in [-0.39, 0.29) is 24.2 Å². The summed E-state index contributed by atoms with van der Waals surface area (Å²) in [6.45, 7) is 1.85. The summed E-state index contributed by atoms with van der Waals surface area (Å²) >= 11 is 0. The maximum atomic E-state index is 12.6. The second-order valence-corrected chi connectivity index (χ2v) is 7.84. The molecule has 3 aliphatic rings. The first-order valence-electron chi connectivity index (χ1n) is 9.45. The quantitative estimate of drug-likeness (QED) is 0.866. The van der Waals surface area contributed by atoms with Crippen molar-refractivity contribution < 1.29 is 9.53 Å². The lowest BCUT2D eigenvalue weighted by Gasteiger charge is -2.49. The molecule has 0 amide bonds. The van der Waals surface area contributed by atoms with Crippen molar-refractivity contribution in [3.8, 4) is 0 Å². The van der Waals surface area contributed by atoms with E-state index < -0.39 is 0 Å². The summed E-state index contributed by atoms with van der Waals surface area (Å²) in [7, 11) is 0. The number of morpholine rings is 1. The summed E-state index contributed by atoms with van der Waals surface area (Å²) in [6, 6.07) is 10.1. The van der Waals surface area contributed by atoms with Gasteiger partial charge in [-0.3, -0.25) is 9.69 Å². The number of hydrogen-bond donors (Lipinski definition) is 1. The zero-order valence-electron chi connectivity index (χ0n) is 14.3. The Morgan fingerprint density at radius 1 is 1.12 bits per heavy atom. The van der Waals surface area contributed by atoms with Gasteiger partial charge in [-0.1, -0.05) is 49.6 Å². The summed E-state index contributed by atoms with van der Waals surface area (Å²) in [5.41, 5.74) is 7.60. The third-order valence-corrected chi connectivity index (χ3v) is 6.25. The average Bonchev–Trinajstić information content (AvgIpc) is 2.61. The minimum atomic E-state index is -0.186. The molecule has 2 heterocycles. The molecule has 0 spiro atoms. The highest BCUT2D eigenvalue weighted by atomic mass is 16.6. The van der Waals surface area contributed by atoms with Gasteiger partial charge in [0.1, 0.15) is 12.1 Å². The minimum absolute atomic E-state index is 0.0236. The topological polar surface area (TPSA) is 55.6 Å². The lowest BCUT2D eigenvalue weighted by atomic mass is 9.72. The number of esters is 1. The molecule has 2 aliphatic heterocycles. The number of carbonyl (C=O) groups excluding carboxylic acids is 1. The monoisotopic (exact) mass is 328 g/mol. The van der Waals surface area contributed by atoms with Gasteiger partial charge in [0.15, 0.2) is 0 Å². The molecule has 24 heavy (non-hydrogen) atoms. The fraction of sp³-hybridized carbons (Fsp3) is 0.650. The molecule has 1 saturated carbocycles. The van der Waals surface area contributed by atoms with Gasteiger partial charge in [0, 0.05) is 19.1 Å². The van der Waals surface area contributed by atoms with Crippen molar-refractivity contribution in [1.29, 1.82) is 0 Å². The van der Waals surface area contributed by atoms with Crippen LogP contribution in [0.3, 0.4) is 0 Å². The molecule has 4 rings (SSSR count). The van der Waals surface area contributed by atoms with E-state index in [1.807, 2.05) is 18.2 Å². The van der Waals surface area contributed by atoms with Crippen LogP contribution in [0, 0.1) is 11.8 Å².